The molecule has 3 aliphatic rings. The third-order valence-corrected chi connectivity index (χ3v) is 18.0. The molecule has 11 heteroatoms. The van der Waals surface area contributed by atoms with Crippen LogP contribution in [0.1, 0.15) is 40.4 Å². The van der Waals surface area contributed by atoms with Crippen LogP contribution in [-0.4, -0.2) is 62.2 Å². The topological polar surface area (TPSA) is 99.6 Å². The Balaban J connectivity index is 1.09. The molecule has 6 aromatic rings. The van der Waals surface area contributed by atoms with Gasteiger partial charge < -0.3 is 24.4 Å². The summed E-state index contributed by atoms with van der Waals surface area (Å²) in [7, 11) is -0.902. The molecule has 0 radical (unpaired) electrons. The van der Waals surface area contributed by atoms with Crippen LogP contribution in [0.5, 0.6) is 5.75 Å². The van der Waals surface area contributed by atoms with E-state index in [9.17, 15) is 14.7 Å². The van der Waals surface area contributed by atoms with Crippen molar-refractivity contribution < 1.29 is 29.0 Å². The minimum Gasteiger partial charge on any atom is -0.497 e. The summed E-state index contributed by atoms with van der Waals surface area (Å²) in [5.74, 6) is 0.0318. The number of rotatable bonds is 12. The van der Waals surface area contributed by atoms with E-state index in [0.29, 0.717) is 12.1 Å². The third-order valence-electron chi connectivity index (χ3n) is 13.2. The van der Waals surface area contributed by atoms with Gasteiger partial charge in [-0.3, -0.25) is 19.3 Å². The standard InChI is InChI=1S/C50H48BrN3O6Si/c1-32-47(61(3,4)39-22-20-38(59-2)21-23-39)44(29-45(56)52(25-26-55)30-33-11-6-5-7-12-33)60-50(32)41-28-36(51)19-24-42(41)53(49(50)58)31-34-13-8-16-37(27-34)54-43-18-10-15-35-14-9-17-40(46(35)43)48(54)57/h5-24,27-28,32,44,47,55H,25-26,29-31H2,1-4H3/t32-,44+,47-,50+/m0/s1. The fourth-order valence-electron chi connectivity index (χ4n) is 10.3. The molecule has 3 heterocycles. The number of halogens is 1. The molecule has 1 N–H and O–H groups in total. The maximum Gasteiger partial charge on any atom is 0.264 e. The Kier molecular flexibility index (Phi) is 10.7. The van der Waals surface area contributed by atoms with Gasteiger partial charge in [0.2, 0.25) is 5.91 Å². The summed E-state index contributed by atoms with van der Waals surface area (Å²) in [6.45, 7) is 7.31. The average Bonchev–Trinajstić information content (AvgIpc) is 3.82. The van der Waals surface area contributed by atoms with Crippen molar-refractivity contribution >= 4 is 74.7 Å². The zero-order valence-corrected chi connectivity index (χ0v) is 37.3. The van der Waals surface area contributed by atoms with Gasteiger partial charge in [0.1, 0.15) is 5.75 Å². The van der Waals surface area contributed by atoms with Crippen molar-refractivity contribution in [2.45, 2.75) is 56.8 Å². The normalized spacial score (nSPS) is 20.5. The fraction of sp³-hybridized carbons (Fsp3) is 0.260. The lowest BCUT2D eigenvalue weighted by molar-refractivity contribution is -0.150. The van der Waals surface area contributed by atoms with Gasteiger partial charge in [-0.2, -0.15) is 0 Å². The van der Waals surface area contributed by atoms with E-state index in [4.69, 9.17) is 9.47 Å². The van der Waals surface area contributed by atoms with E-state index in [2.05, 4.69) is 48.1 Å². The Hall–Kier alpha value is -5.59. The summed E-state index contributed by atoms with van der Waals surface area (Å²) >= 11 is 3.72. The van der Waals surface area contributed by atoms with E-state index in [1.165, 1.54) is 5.19 Å². The minimum absolute atomic E-state index is 0.0494. The number of hydrogen-bond donors (Lipinski definition) is 1. The Labute approximate surface area is 365 Å². The van der Waals surface area contributed by atoms with Gasteiger partial charge in [-0.05, 0) is 76.7 Å². The number of fused-ring (bicyclic) bond motifs is 2. The Morgan fingerprint density at radius 3 is 2.33 bits per heavy atom. The Bertz CT molecular complexity index is 2670. The number of anilines is 3. The molecule has 61 heavy (non-hydrogen) atoms. The molecule has 9 nitrogen and oxygen atoms in total. The second-order valence-corrected chi connectivity index (χ2v) is 22.5. The lowest BCUT2D eigenvalue weighted by Gasteiger charge is -2.37. The number of ether oxygens (including phenoxy) is 2. The van der Waals surface area contributed by atoms with Crippen LogP contribution in [-0.2, 0) is 33.0 Å². The highest BCUT2D eigenvalue weighted by molar-refractivity contribution is 9.10. The summed E-state index contributed by atoms with van der Waals surface area (Å²) in [4.78, 5) is 49.2. The second-order valence-electron chi connectivity index (χ2n) is 16.9. The van der Waals surface area contributed by atoms with Crippen molar-refractivity contribution in [2.75, 3.05) is 30.1 Å². The molecule has 0 saturated carbocycles. The molecule has 9 rings (SSSR count). The van der Waals surface area contributed by atoms with Crippen LogP contribution < -0.4 is 19.7 Å². The first kappa shape index (κ1) is 40.8. The van der Waals surface area contributed by atoms with Crippen LogP contribution in [0.25, 0.3) is 10.8 Å². The molecule has 0 aromatic heterocycles. The van der Waals surface area contributed by atoms with Crippen LogP contribution in [0, 0.1) is 5.92 Å². The van der Waals surface area contributed by atoms with Crippen LogP contribution in [0.2, 0.25) is 18.6 Å². The van der Waals surface area contributed by atoms with E-state index in [-0.39, 0.29) is 55.3 Å². The highest BCUT2D eigenvalue weighted by Crippen LogP contribution is 2.60. The van der Waals surface area contributed by atoms with Gasteiger partial charge in [-0.15, -0.1) is 0 Å². The van der Waals surface area contributed by atoms with Crippen molar-refractivity contribution in [3.8, 4) is 5.75 Å². The number of carbonyl (C=O) groups is 3. The quantitative estimate of drug-likeness (QED) is 0.123. The summed E-state index contributed by atoms with van der Waals surface area (Å²) in [6, 6.07) is 43.5. The molecule has 1 spiro atoms. The molecule has 0 aliphatic carbocycles. The zero-order chi connectivity index (χ0) is 42.6. The predicted molar refractivity (Wildman–Crippen MR) is 245 cm³/mol. The van der Waals surface area contributed by atoms with Gasteiger partial charge in [-0.25, -0.2) is 0 Å². The molecule has 4 atom stereocenters. The number of aliphatic hydroxyl groups is 1. The lowest BCUT2D eigenvalue weighted by atomic mass is 9.82. The van der Waals surface area contributed by atoms with Gasteiger partial charge in [0.05, 0.1) is 57.8 Å². The van der Waals surface area contributed by atoms with Gasteiger partial charge in [0.25, 0.3) is 11.8 Å². The smallest absolute Gasteiger partial charge is 0.264 e. The second kappa shape index (κ2) is 16.0. The maximum atomic E-state index is 15.6. The molecular weight excluding hydrogens is 847 g/mol. The van der Waals surface area contributed by atoms with Gasteiger partial charge >= 0.3 is 0 Å². The maximum absolute atomic E-state index is 15.6. The number of amides is 3. The van der Waals surface area contributed by atoms with Crippen molar-refractivity contribution in [2.24, 2.45) is 5.92 Å². The van der Waals surface area contributed by atoms with E-state index >= 15 is 4.79 Å². The number of hydrogen-bond acceptors (Lipinski definition) is 6. The SMILES string of the molecule is COc1ccc([Si](C)(C)[C@@H]2[C@@H](CC(=O)N(CCO)Cc3ccccc3)O[C@]3(C(=O)N(Cc4cccc(N5C(=O)c6cccc7cccc5c67)c4)c4ccc(Br)cc43)[C@H]2C)cc1. The van der Waals surface area contributed by atoms with E-state index in [1.54, 1.807) is 16.9 Å². The molecular formula is C50H48BrN3O6Si. The number of benzene rings is 6. The zero-order valence-electron chi connectivity index (χ0n) is 34.7. The van der Waals surface area contributed by atoms with Crippen molar-refractivity contribution in [3.63, 3.8) is 0 Å². The summed E-state index contributed by atoms with van der Waals surface area (Å²) in [5.41, 5.74) is 4.03. The van der Waals surface area contributed by atoms with Crippen LogP contribution >= 0.6 is 15.9 Å². The molecule has 1 saturated heterocycles. The molecule has 0 bridgehead atoms. The first-order valence-corrected chi connectivity index (χ1v) is 24.7. The van der Waals surface area contributed by atoms with E-state index < -0.39 is 19.8 Å². The van der Waals surface area contributed by atoms with Crippen LogP contribution in [0.4, 0.5) is 17.1 Å². The van der Waals surface area contributed by atoms with Crippen molar-refractivity contribution in [1.82, 2.24) is 4.90 Å². The first-order valence-electron chi connectivity index (χ1n) is 20.8. The highest BCUT2D eigenvalue weighted by atomic mass is 79.9. The molecule has 310 valence electrons. The van der Waals surface area contributed by atoms with Gasteiger partial charge in [0.15, 0.2) is 5.60 Å². The largest absolute Gasteiger partial charge is 0.497 e. The van der Waals surface area contributed by atoms with Crippen molar-refractivity contribution in [1.29, 1.82) is 0 Å². The Morgan fingerprint density at radius 2 is 1.59 bits per heavy atom. The van der Waals surface area contributed by atoms with Gasteiger partial charge in [0, 0.05) is 40.1 Å². The first-order chi connectivity index (χ1) is 29.5. The van der Waals surface area contributed by atoms with Crippen LogP contribution in [0.3, 0.4) is 0 Å². The van der Waals surface area contributed by atoms with E-state index in [0.717, 1.165) is 54.7 Å². The highest BCUT2D eigenvalue weighted by Gasteiger charge is 2.66. The Morgan fingerprint density at radius 1 is 0.869 bits per heavy atom. The number of methoxy groups -OCH3 is 1. The minimum atomic E-state index is -2.55. The van der Waals surface area contributed by atoms with Crippen LogP contribution in [0.15, 0.2) is 138 Å². The van der Waals surface area contributed by atoms with Crippen molar-refractivity contribution in [3.05, 3.63) is 160 Å². The number of nitrogens with zero attached hydrogens (tertiary/aromatic N) is 3. The average molecular weight is 895 g/mol. The molecule has 3 amide bonds. The molecule has 1 fully saturated rings. The molecule has 3 aliphatic heterocycles. The number of aliphatic hydroxyl groups excluding tert-OH is 1. The van der Waals surface area contributed by atoms with E-state index in [1.807, 2.05) is 126 Å². The number of carbonyl (C=O) groups excluding carboxylic acids is 3. The summed E-state index contributed by atoms with van der Waals surface area (Å²) in [5, 5.41) is 13.2. The summed E-state index contributed by atoms with van der Waals surface area (Å²) < 4.78 is 13.7. The third kappa shape index (κ3) is 6.88. The lowest BCUT2D eigenvalue weighted by Crippen LogP contribution is -2.52. The molecule has 6 aromatic carbocycles. The fourth-order valence-corrected chi connectivity index (χ4v) is 14.7. The molecule has 0 unspecified atom stereocenters. The monoisotopic (exact) mass is 893 g/mol. The van der Waals surface area contributed by atoms with Gasteiger partial charge in [-0.1, -0.05) is 120 Å². The summed E-state index contributed by atoms with van der Waals surface area (Å²) in [6.07, 6.45) is -0.554. The predicted octanol–water partition coefficient (Wildman–Crippen LogP) is 9.08.